The minimum absolute atomic E-state index is 0.0510. The van der Waals surface area contributed by atoms with Gasteiger partial charge in [-0.25, -0.2) is 0 Å². The zero-order chi connectivity index (χ0) is 20.3. The van der Waals surface area contributed by atoms with Gasteiger partial charge < -0.3 is 15.1 Å². The van der Waals surface area contributed by atoms with E-state index in [0.717, 1.165) is 36.2 Å². The van der Waals surface area contributed by atoms with Crippen LogP contribution >= 0.6 is 0 Å². The summed E-state index contributed by atoms with van der Waals surface area (Å²) in [5.74, 6) is 0.0377. The first-order valence-electron chi connectivity index (χ1n) is 9.83. The summed E-state index contributed by atoms with van der Waals surface area (Å²) in [7, 11) is 3.96. The second-order valence-electron chi connectivity index (χ2n) is 7.76. The Morgan fingerprint density at radius 3 is 2.43 bits per heavy atom. The van der Waals surface area contributed by atoms with Crippen molar-refractivity contribution in [2.24, 2.45) is 0 Å². The smallest absolute Gasteiger partial charge is 0.251 e. The molecule has 1 aliphatic heterocycles. The number of aryl methyl sites for hydroxylation is 1. The quantitative estimate of drug-likeness (QED) is 0.867. The lowest BCUT2D eigenvalue weighted by atomic mass is 9.93. The Morgan fingerprint density at radius 2 is 1.79 bits per heavy atom. The van der Waals surface area contributed by atoms with Crippen LogP contribution in [0.5, 0.6) is 0 Å². The van der Waals surface area contributed by atoms with Crippen LogP contribution in [0.3, 0.4) is 0 Å². The highest BCUT2D eigenvalue weighted by Gasteiger charge is 2.26. The molecule has 5 nitrogen and oxygen atoms in total. The van der Waals surface area contributed by atoms with Gasteiger partial charge in [-0.3, -0.25) is 9.59 Å². The van der Waals surface area contributed by atoms with Crippen molar-refractivity contribution in [3.8, 4) is 11.1 Å². The maximum atomic E-state index is 12.2. The van der Waals surface area contributed by atoms with E-state index >= 15 is 0 Å². The molecular formula is C23H29N3O2. The number of amides is 2. The first-order chi connectivity index (χ1) is 13.4. The summed E-state index contributed by atoms with van der Waals surface area (Å²) in [6, 6.07) is 14.2. The lowest BCUT2D eigenvalue weighted by Gasteiger charge is -2.34. The lowest BCUT2D eigenvalue weighted by Crippen LogP contribution is -2.40. The van der Waals surface area contributed by atoms with Gasteiger partial charge in [-0.05, 0) is 74.8 Å². The van der Waals surface area contributed by atoms with Crippen molar-refractivity contribution in [2.45, 2.75) is 32.7 Å². The van der Waals surface area contributed by atoms with Gasteiger partial charge in [0.15, 0.2) is 0 Å². The molecule has 3 rings (SSSR count). The first-order valence-corrected chi connectivity index (χ1v) is 9.83. The molecule has 2 aromatic carbocycles. The molecule has 0 saturated carbocycles. The molecule has 148 valence electrons. The molecule has 0 radical (unpaired) electrons. The summed E-state index contributed by atoms with van der Waals surface area (Å²) in [5.41, 5.74) is 5.07. The number of anilines is 1. The molecule has 5 heteroatoms. The Hall–Kier alpha value is -2.66. The molecule has 1 heterocycles. The van der Waals surface area contributed by atoms with Gasteiger partial charge in [0.2, 0.25) is 5.91 Å². The fourth-order valence-corrected chi connectivity index (χ4v) is 3.72. The van der Waals surface area contributed by atoms with E-state index < -0.39 is 0 Å². The van der Waals surface area contributed by atoms with E-state index in [-0.39, 0.29) is 17.9 Å². The monoisotopic (exact) mass is 379 g/mol. The summed E-state index contributed by atoms with van der Waals surface area (Å²) in [6.07, 6.45) is 1.95. The number of nitrogens with one attached hydrogen (secondary N) is 1. The average Bonchev–Trinajstić information content (AvgIpc) is 2.67. The van der Waals surface area contributed by atoms with E-state index in [1.54, 1.807) is 6.92 Å². The molecule has 0 bridgehead atoms. The van der Waals surface area contributed by atoms with Gasteiger partial charge >= 0.3 is 0 Å². The summed E-state index contributed by atoms with van der Waals surface area (Å²) in [5, 5.41) is 2.93. The minimum atomic E-state index is -0.0510. The van der Waals surface area contributed by atoms with E-state index in [1.807, 2.05) is 54.2 Å². The fourth-order valence-electron chi connectivity index (χ4n) is 3.72. The highest BCUT2D eigenvalue weighted by Crippen LogP contribution is 2.34. The van der Waals surface area contributed by atoms with Crippen molar-refractivity contribution in [3.63, 3.8) is 0 Å². The largest absolute Gasteiger partial charge is 0.351 e. The average molecular weight is 380 g/mol. The molecule has 2 amide bonds. The highest BCUT2D eigenvalue weighted by molar-refractivity contribution is 5.95. The number of rotatable bonds is 5. The number of carbonyl (C=O) groups is 2. The van der Waals surface area contributed by atoms with Gasteiger partial charge in [0.1, 0.15) is 0 Å². The Bertz CT molecular complexity index is 859. The zero-order valence-electron chi connectivity index (χ0n) is 17.2. The molecule has 28 heavy (non-hydrogen) atoms. The topological polar surface area (TPSA) is 52.7 Å². The molecule has 0 saturated heterocycles. The number of fused-ring (bicyclic) bond motifs is 1. The molecule has 0 unspecified atom stereocenters. The lowest BCUT2D eigenvalue weighted by molar-refractivity contribution is -0.117. The highest BCUT2D eigenvalue weighted by atomic mass is 16.2. The van der Waals surface area contributed by atoms with Gasteiger partial charge in [0, 0.05) is 37.3 Å². The maximum absolute atomic E-state index is 12.2. The predicted octanol–water partition coefficient (Wildman–Crippen LogP) is 3.33. The van der Waals surface area contributed by atoms with Crippen LogP contribution in [-0.4, -0.2) is 49.9 Å². The minimum Gasteiger partial charge on any atom is -0.351 e. The zero-order valence-corrected chi connectivity index (χ0v) is 17.2. The molecule has 0 aromatic heterocycles. The van der Waals surface area contributed by atoms with Crippen LogP contribution in [0.2, 0.25) is 0 Å². The number of hydrogen-bond acceptors (Lipinski definition) is 3. The number of benzene rings is 2. The molecule has 2 aromatic rings. The van der Waals surface area contributed by atoms with E-state index in [1.165, 1.54) is 5.56 Å². The Kier molecular flexibility index (Phi) is 6.15. The van der Waals surface area contributed by atoms with Gasteiger partial charge in [0.05, 0.1) is 0 Å². The van der Waals surface area contributed by atoms with Crippen molar-refractivity contribution in [1.29, 1.82) is 0 Å². The molecule has 0 fully saturated rings. The van der Waals surface area contributed by atoms with Crippen LogP contribution in [0, 0.1) is 0 Å². The normalized spacial score (nSPS) is 16.0. The Labute approximate surface area is 167 Å². The first kappa shape index (κ1) is 20.1. The second kappa shape index (κ2) is 8.57. The molecule has 0 spiro atoms. The predicted molar refractivity (Wildman–Crippen MR) is 114 cm³/mol. The van der Waals surface area contributed by atoms with Crippen LogP contribution in [0.15, 0.2) is 42.5 Å². The number of hydrogen-bond donors (Lipinski definition) is 1. The standard InChI is InChI=1S/C23H29N3O2/c1-16-5-6-21-15-20(11-12-22(21)26(16)17(2)27)18-7-9-19(10-8-18)23(28)24-13-14-25(3)4/h7-12,15-16H,5-6,13-14H2,1-4H3,(H,24,28)/t16-/m0/s1. The summed E-state index contributed by atoms with van der Waals surface area (Å²) >= 11 is 0. The van der Waals surface area contributed by atoms with E-state index in [0.29, 0.717) is 12.1 Å². The Morgan fingerprint density at radius 1 is 1.11 bits per heavy atom. The van der Waals surface area contributed by atoms with Gasteiger partial charge in [-0.2, -0.15) is 0 Å². The fraction of sp³-hybridized carbons (Fsp3) is 0.391. The van der Waals surface area contributed by atoms with E-state index in [9.17, 15) is 9.59 Å². The third-order valence-corrected chi connectivity index (χ3v) is 5.28. The number of likely N-dealkylation sites (N-methyl/N-ethyl adjacent to an activating group) is 1. The SMILES string of the molecule is CC(=O)N1c2ccc(-c3ccc(C(=O)NCCN(C)C)cc3)cc2CC[C@@H]1C. The van der Waals surface area contributed by atoms with E-state index in [4.69, 9.17) is 0 Å². The van der Waals surface area contributed by atoms with Crippen molar-refractivity contribution in [2.75, 3.05) is 32.1 Å². The van der Waals surface area contributed by atoms with Gasteiger partial charge in [-0.15, -0.1) is 0 Å². The molecule has 1 aliphatic rings. The number of carbonyl (C=O) groups excluding carboxylic acids is 2. The maximum Gasteiger partial charge on any atom is 0.251 e. The van der Waals surface area contributed by atoms with Crippen LogP contribution in [0.25, 0.3) is 11.1 Å². The van der Waals surface area contributed by atoms with Crippen LogP contribution in [0.4, 0.5) is 5.69 Å². The number of nitrogens with zero attached hydrogens (tertiary/aromatic N) is 2. The molecule has 1 N–H and O–H groups in total. The van der Waals surface area contributed by atoms with Crippen LogP contribution in [-0.2, 0) is 11.2 Å². The Balaban J connectivity index is 1.76. The third-order valence-electron chi connectivity index (χ3n) is 5.28. The van der Waals surface area contributed by atoms with E-state index in [2.05, 4.69) is 24.4 Å². The van der Waals surface area contributed by atoms with Crippen molar-refractivity contribution < 1.29 is 9.59 Å². The third kappa shape index (κ3) is 4.42. The summed E-state index contributed by atoms with van der Waals surface area (Å²) < 4.78 is 0. The summed E-state index contributed by atoms with van der Waals surface area (Å²) in [4.78, 5) is 28.2. The summed E-state index contributed by atoms with van der Waals surface area (Å²) in [6.45, 7) is 5.17. The molecule has 0 aliphatic carbocycles. The molecule has 1 atom stereocenters. The molecular weight excluding hydrogens is 350 g/mol. The van der Waals surface area contributed by atoms with Crippen molar-refractivity contribution in [1.82, 2.24) is 10.2 Å². The van der Waals surface area contributed by atoms with Crippen molar-refractivity contribution in [3.05, 3.63) is 53.6 Å². The van der Waals surface area contributed by atoms with Crippen molar-refractivity contribution >= 4 is 17.5 Å². The second-order valence-corrected chi connectivity index (χ2v) is 7.76. The van der Waals surface area contributed by atoms with Gasteiger partial charge in [0.25, 0.3) is 5.91 Å². The van der Waals surface area contributed by atoms with Crippen LogP contribution < -0.4 is 10.2 Å². The van der Waals surface area contributed by atoms with Gasteiger partial charge in [-0.1, -0.05) is 18.2 Å². The van der Waals surface area contributed by atoms with Crippen LogP contribution in [0.1, 0.15) is 36.2 Å².